The molecular formula is C10H14N4O3. The number of nitro groups is 1. The van der Waals surface area contributed by atoms with Crippen molar-refractivity contribution in [1.29, 1.82) is 0 Å². The predicted molar refractivity (Wildman–Crippen MR) is 60.8 cm³/mol. The lowest BCUT2D eigenvalue weighted by Crippen LogP contribution is -2.34. The number of amides is 1. The van der Waals surface area contributed by atoms with Crippen LogP contribution in [0.25, 0.3) is 0 Å². The van der Waals surface area contributed by atoms with E-state index in [-0.39, 0.29) is 17.3 Å². The van der Waals surface area contributed by atoms with Crippen LogP contribution < -0.4 is 5.32 Å². The first kappa shape index (κ1) is 11.6. The van der Waals surface area contributed by atoms with Crippen LogP contribution >= 0.6 is 0 Å². The van der Waals surface area contributed by atoms with Gasteiger partial charge >= 0.3 is 0 Å². The van der Waals surface area contributed by atoms with Gasteiger partial charge in [-0.15, -0.1) is 0 Å². The predicted octanol–water partition coefficient (Wildman–Crippen LogP) is 0.358. The molecule has 0 aromatic carbocycles. The number of hydrogen-bond donors (Lipinski definition) is 2. The molecule has 0 bridgehead atoms. The normalized spacial score (nSPS) is 16.6. The topological polar surface area (TPSA) is 91.3 Å². The van der Waals surface area contributed by atoms with Gasteiger partial charge in [0.05, 0.1) is 11.1 Å². The van der Waals surface area contributed by atoms with Crippen LogP contribution in [-0.4, -0.2) is 46.9 Å². The van der Waals surface area contributed by atoms with Crippen LogP contribution in [0.15, 0.2) is 12.3 Å². The van der Waals surface area contributed by atoms with Gasteiger partial charge in [-0.25, -0.2) is 0 Å². The van der Waals surface area contributed by atoms with Gasteiger partial charge in [0.25, 0.3) is 11.6 Å². The average Bonchev–Trinajstić information content (AvgIpc) is 2.65. The largest absolute Gasteiger partial charge is 0.351 e. The van der Waals surface area contributed by atoms with Crippen molar-refractivity contribution < 1.29 is 9.72 Å². The Morgan fingerprint density at radius 3 is 2.94 bits per heavy atom. The Morgan fingerprint density at radius 1 is 1.41 bits per heavy atom. The van der Waals surface area contributed by atoms with Gasteiger partial charge in [-0.3, -0.25) is 14.9 Å². The van der Waals surface area contributed by atoms with Gasteiger partial charge in [0.15, 0.2) is 0 Å². The molecule has 92 valence electrons. The monoisotopic (exact) mass is 238 g/mol. The van der Waals surface area contributed by atoms with E-state index in [9.17, 15) is 14.9 Å². The minimum Gasteiger partial charge on any atom is -0.351 e. The Labute approximate surface area is 97.9 Å². The van der Waals surface area contributed by atoms with Crippen LogP contribution in [0.4, 0.5) is 5.69 Å². The summed E-state index contributed by atoms with van der Waals surface area (Å²) in [6.45, 7) is 2.97. The van der Waals surface area contributed by atoms with Crippen molar-refractivity contribution in [2.45, 2.75) is 6.42 Å². The number of carbonyl (C=O) groups is 1. The van der Waals surface area contributed by atoms with Crippen molar-refractivity contribution in [1.82, 2.24) is 15.2 Å². The van der Waals surface area contributed by atoms with Gasteiger partial charge in [-0.2, -0.15) is 0 Å². The zero-order valence-corrected chi connectivity index (χ0v) is 9.31. The summed E-state index contributed by atoms with van der Waals surface area (Å²) in [5.74, 6) is -0.179. The van der Waals surface area contributed by atoms with Crippen LogP contribution in [0.1, 0.15) is 16.9 Å². The number of carbonyl (C=O) groups excluding carboxylic acids is 1. The molecule has 1 amide bonds. The summed E-state index contributed by atoms with van der Waals surface area (Å²) < 4.78 is 0. The molecule has 0 spiro atoms. The summed E-state index contributed by atoms with van der Waals surface area (Å²) in [5, 5.41) is 13.7. The fourth-order valence-corrected chi connectivity index (χ4v) is 1.83. The molecule has 1 aromatic rings. The van der Waals surface area contributed by atoms with Crippen molar-refractivity contribution in [3.8, 4) is 0 Å². The third-order valence-corrected chi connectivity index (χ3v) is 2.74. The Bertz CT molecular complexity index is 421. The lowest BCUT2D eigenvalue weighted by Gasteiger charge is -2.18. The molecule has 2 heterocycles. The fourth-order valence-electron chi connectivity index (χ4n) is 1.83. The lowest BCUT2D eigenvalue weighted by molar-refractivity contribution is -0.384. The van der Waals surface area contributed by atoms with E-state index in [1.54, 1.807) is 4.90 Å². The second-order valence-electron chi connectivity index (χ2n) is 3.92. The Hall–Kier alpha value is -1.89. The standard InChI is InChI=1S/C10H14N4O3/c15-10(13-4-1-2-11-3-5-13)9-6-8(7-12-9)14(16)17/h6-7,11-12H,1-5H2. The third-order valence-electron chi connectivity index (χ3n) is 2.74. The minimum absolute atomic E-state index is 0.0821. The van der Waals surface area contributed by atoms with E-state index in [2.05, 4.69) is 10.3 Å². The number of nitrogens with zero attached hydrogens (tertiary/aromatic N) is 2. The van der Waals surface area contributed by atoms with Crippen molar-refractivity contribution in [2.24, 2.45) is 0 Å². The summed E-state index contributed by atoms with van der Waals surface area (Å²) >= 11 is 0. The Morgan fingerprint density at radius 2 is 2.24 bits per heavy atom. The molecule has 1 fully saturated rings. The van der Waals surface area contributed by atoms with Gasteiger partial charge in [-0.05, 0) is 13.0 Å². The van der Waals surface area contributed by atoms with Crippen LogP contribution in [0.3, 0.4) is 0 Å². The molecular weight excluding hydrogens is 224 g/mol. The van der Waals surface area contributed by atoms with E-state index in [1.807, 2.05) is 0 Å². The highest BCUT2D eigenvalue weighted by molar-refractivity contribution is 5.93. The van der Waals surface area contributed by atoms with E-state index in [1.165, 1.54) is 12.3 Å². The molecule has 17 heavy (non-hydrogen) atoms. The van der Waals surface area contributed by atoms with Crippen molar-refractivity contribution in [3.63, 3.8) is 0 Å². The van der Waals surface area contributed by atoms with Gasteiger partial charge in [0.1, 0.15) is 5.69 Å². The van der Waals surface area contributed by atoms with Gasteiger partial charge in [0, 0.05) is 25.7 Å². The number of H-pyrrole nitrogens is 1. The zero-order valence-electron chi connectivity index (χ0n) is 9.31. The van der Waals surface area contributed by atoms with Crippen molar-refractivity contribution in [2.75, 3.05) is 26.2 Å². The summed E-state index contributed by atoms with van der Waals surface area (Å²) in [6.07, 6.45) is 2.14. The molecule has 0 aliphatic carbocycles. The van der Waals surface area contributed by atoms with Gasteiger partial charge in [-0.1, -0.05) is 0 Å². The Balaban J connectivity index is 2.09. The van der Waals surface area contributed by atoms with Crippen LogP contribution in [0, 0.1) is 10.1 Å². The number of rotatable bonds is 2. The Kier molecular flexibility index (Phi) is 3.38. The van der Waals surface area contributed by atoms with E-state index in [0.29, 0.717) is 13.1 Å². The van der Waals surface area contributed by atoms with E-state index in [4.69, 9.17) is 0 Å². The lowest BCUT2D eigenvalue weighted by atomic mass is 10.3. The molecule has 7 nitrogen and oxygen atoms in total. The number of aromatic amines is 1. The molecule has 1 saturated heterocycles. The van der Waals surface area contributed by atoms with Crippen LogP contribution in [0.5, 0.6) is 0 Å². The maximum absolute atomic E-state index is 12.0. The maximum Gasteiger partial charge on any atom is 0.287 e. The zero-order chi connectivity index (χ0) is 12.3. The molecule has 0 saturated carbocycles. The minimum atomic E-state index is -0.517. The average molecular weight is 238 g/mol. The highest BCUT2D eigenvalue weighted by Gasteiger charge is 2.20. The highest BCUT2D eigenvalue weighted by atomic mass is 16.6. The highest BCUT2D eigenvalue weighted by Crippen LogP contribution is 2.14. The maximum atomic E-state index is 12.0. The third kappa shape index (κ3) is 2.62. The van der Waals surface area contributed by atoms with Crippen LogP contribution in [0.2, 0.25) is 0 Å². The van der Waals surface area contributed by atoms with E-state index in [0.717, 1.165) is 19.5 Å². The molecule has 7 heteroatoms. The molecule has 0 atom stereocenters. The fraction of sp³-hybridized carbons (Fsp3) is 0.500. The first-order valence-corrected chi connectivity index (χ1v) is 5.51. The van der Waals surface area contributed by atoms with E-state index < -0.39 is 4.92 Å². The summed E-state index contributed by atoms with van der Waals surface area (Å²) in [7, 11) is 0. The van der Waals surface area contributed by atoms with Gasteiger partial charge in [0.2, 0.25) is 0 Å². The van der Waals surface area contributed by atoms with Crippen LogP contribution in [-0.2, 0) is 0 Å². The van der Waals surface area contributed by atoms with Crippen molar-refractivity contribution >= 4 is 11.6 Å². The van der Waals surface area contributed by atoms with Gasteiger partial charge < -0.3 is 15.2 Å². The van der Waals surface area contributed by atoms with Crippen molar-refractivity contribution in [3.05, 3.63) is 28.1 Å². The molecule has 0 radical (unpaired) electrons. The summed E-state index contributed by atoms with van der Waals surface area (Å²) in [5.41, 5.74) is 0.194. The quantitative estimate of drug-likeness (QED) is 0.574. The summed E-state index contributed by atoms with van der Waals surface area (Å²) in [6, 6.07) is 1.28. The second kappa shape index (κ2) is 4.96. The molecule has 1 aliphatic rings. The number of hydrogen-bond acceptors (Lipinski definition) is 4. The number of nitrogens with one attached hydrogen (secondary N) is 2. The smallest absolute Gasteiger partial charge is 0.287 e. The molecule has 1 aliphatic heterocycles. The first-order valence-electron chi connectivity index (χ1n) is 5.51. The molecule has 2 rings (SSSR count). The number of aromatic nitrogens is 1. The molecule has 1 aromatic heterocycles. The van der Waals surface area contributed by atoms with E-state index >= 15 is 0 Å². The SMILES string of the molecule is O=C(c1cc([N+](=O)[O-])c[nH]1)N1CCCNCC1. The summed E-state index contributed by atoms with van der Waals surface area (Å²) in [4.78, 5) is 26.4. The first-order chi connectivity index (χ1) is 8.18. The second-order valence-corrected chi connectivity index (χ2v) is 3.92. The molecule has 2 N–H and O–H groups in total. The molecule has 0 unspecified atom stereocenters.